The van der Waals surface area contributed by atoms with Gasteiger partial charge in [-0.25, -0.2) is 0 Å². The fourth-order valence-electron chi connectivity index (χ4n) is 1.71. The molecule has 0 bridgehead atoms. The maximum atomic E-state index is 11.9. The summed E-state index contributed by atoms with van der Waals surface area (Å²) in [5, 5.41) is 0. The van der Waals surface area contributed by atoms with Crippen LogP contribution >= 0.6 is 0 Å². The highest BCUT2D eigenvalue weighted by atomic mass is 16.2. The summed E-state index contributed by atoms with van der Waals surface area (Å²) < 4.78 is 0. The van der Waals surface area contributed by atoms with Crippen LogP contribution < -0.4 is 5.73 Å². The van der Waals surface area contributed by atoms with Crippen LogP contribution in [0.2, 0.25) is 0 Å². The van der Waals surface area contributed by atoms with Crippen molar-refractivity contribution in [3.05, 3.63) is 0 Å². The van der Waals surface area contributed by atoms with Crippen LogP contribution in [-0.2, 0) is 4.79 Å². The van der Waals surface area contributed by atoms with Crippen molar-refractivity contribution in [1.29, 1.82) is 0 Å². The SMILES string of the molecule is CC(C)CCC(=O)N(CCCN)C1CC1. The molecule has 15 heavy (non-hydrogen) atoms. The normalized spacial score (nSPS) is 15.7. The van der Waals surface area contributed by atoms with Crippen LogP contribution in [0.5, 0.6) is 0 Å². The van der Waals surface area contributed by atoms with Gasteiger partial charge in [0.05, 0.1) is 0 Å². The molecule has 0 aromatic heterocycles. The summed E-state index contributed by atoms with van der Waals surface area (Å²) in [6.07, 6.45) is 5.03. The quantitative estimate of drug-likeness (QED) is 0.699. The Balaban J connectivity index is 2.30. The highest BCUT2D eigenvalue weighted by Crippen LogP contribution is 2.27. The Morgan fingerprint density at radius 1 is 1.47 bits per heavy atom. The van der Waals surface area contributed by atoms with E-state index in [0.29, 0.717) is 30.8 Å². The first-order valence-corrected chi connectivity index (χ1v) is 6.14. The van der Waals surface area contributed by atoms with Gasteiger partial charge >= 0.3 is 0 Å². The van der Waals surface area contributed by atoms with Crippen molar-refractivity contribution in [2.24, 2.45) is 11.7 Å². The molecular weight excluding hydrogens is 188 g/mol. The minimum absolute atomic E-state index is 0.333. The van der Waals surface area contributed by atoms with Gasteiger partial charge in [0.2, 0.25) is 5.91 Å². The van der Waals surface area contributed by atoms with Crippen LogP contribution in [0.3, 0.4) is 0 Å². The molecule has 3 nitrogen and oxygen atoms in total. The van der Waals surface area contributed by atoms with Gasteiger partial charge in [-0.1, -0.05) is 13.8 Å². The Morgan fingerprint density at radius 3 is 2.60 bits per heavy atom. The number of hydrogen-bond acceptors (Lipinski definition) is 2. The smallest absolute Gasteiger partial charge is 0.222 e. The van der Waals surface area contributed by atoms with Gasteiger partial charge in [0.25, 0.3) is 0 Å². The van der Waals surface area contributed by atoms with Gasteiger partial charge in [0.1, 0.15) is 0 Å². The van der Waals surface area contributed by atoms with Crippen LogP contribution in [-0.4, -0.2) is 29.9 Å². The highest BCUT2D eigenvalue weighted by molar-refractivity contribution is 5.76. The highest BCUT2D eigenvalue weighted by Gasteiger charge is 2.31. The summed E-state index contributed by atoms with van der Waals surface area (Å²) in [5.41, 5.74) is 5.48. The summed E-state index contributed by atoms with van der Waals surface area (Å²) in [6.45, 7) is 5.86. The summed E-state index contributed by atoms with van der Waals surface area (Å²) in [7, 11) is 0. The van der Waals surface area contributed by atoms with E-state index in [-0.39, 0.29) is 0 Å². The molecule has 1 rings (SSSR count). The molecule has 3 heteroatoms. The second kappa shape index (κ2) is 6.11. The lowest BCUT2D eigenvalue weighted by molar-refractivity contribution is -0.132. The number of carbonyl (C=O) groups excluding carboxylic acids is 1. The molecule has 0 unspecified atom stereocenters. The Bertz CT molecular complexity index is 200. The lowest BCUT2D eigenvalue weighted by atomic mass is 10.1. The van der Waals surface area contributed by atoms with E-state index in [1.54, 1.807) is 0 Å². The first kappa shape index (κ1) is 12.5. The minimum atomic E-state index is 0.333. The van der Waals surface area contributed by atoms with E-state index in [1.807, 2.05) is 0 Å². The second-order valence-electron chi connectivity index (χ2n) is 4.89. The summed E-state index contributed by atoms with van der Waals surface area (Å²) >= 11 is 0. The molecule has 0 atom stereocenters. The third-order valence-electron chi connectivity index (χ3n) is 2.85. The fraction of sp³-hybridized carbons (Fsp3) is 0.917. The molecule has 0 saturated heterocycles. The van der Waals surface area contributed by atoms with Crippen LogP contribution in [0.1, 0.15) is 46.0 Å². The zero-order chi connectivity index (χ0) is 11.3. The summed E-state index contributed by atoms with van der Waals surface area (Å²) in [4.78, 5) is 14.0. The van der Waals surface area contributed by atoms with Gasteiger partial charge in [0.15, 0.2) is 0 Å². The van der Waals surface area contributed by atoms with Crippen molar-refractivity contribution in [3.63, 3.8) is 0 Å². The molecule has 88 valence electrons. The lowest BCUT2D eigenvalue weighted by Crippen LogP contribution is -2.34. The molecule has 1 amide bonds. The van der Waals surface area contributed by atoms with E-state index in [9.17, 15) is 4.79 Å². The first-order valence-electron chi connectivity index (χ1n) is 6.14. The average molecular weight is 212 g/mol. The zero-order valence-corrected chi connectivity index (χ0v) is 10.0. The standard InChI is InChI=1S/C12H24N2O/c1-10(2)4-7-12(15)14(9-3-8-13)11-5-6-11/h10-11H,3-9,13H2,1-2H3. The first-order chi connectivity index (χ1) is 7.15. The largest absolute Gasteiger partial charge is 0.340 e. The third kappa shape index (κ3) is 4.65. The van der Waals surface area contributed by atoms with Crippen molar-refractivity contribution in [2.45, 2.75) is 52.0 Å². The Kier molecular flexibility index (Phi) is 5.09. The molecule has 1 aliphatic carbocycles. The van der Waals surface area contributed by atoms with E-state index < -0.39 is 0 Å². The van der Waals surface area contributed by atoms with Gasteiger partial charge in [-0.3, -0.25) is 4.79 Å². The number of carbonyl (C=O) groups is 1. The molecule has 0 aliphatic heterocycles. The van der Waals surface area contributed by atoms with Crippen LogP contribution in [0.4, 0.5) is 0 Å². The van der Waals surface area contributed by atoms with Crippen LogP contribution in [0.15, 0.2) is 0 Å². The number of rotatable bonds is 7. The van der Waals surface area contributed by atoms with Gasteiger partial charge in [-0.2, -0.15) is 0 Å². The summed E-state index contributed by atoms with van der Waals surface area (Å²) in [6, 6.07) is 0.538. The number of hydrogen-bond donors (Lipinski definition) is 1. The molecule has 0 aromatic rings. The van der Waals surface area contributed by atoms with Gasteiger partial charge in [-0.05, 0) is 38.1 Å². The predicted octanol–water partition coefficient (Wildman–Crippen LogP) is 1.76. The van der Waals surface area contributed by atoms with Crippen LogP contribution in [0, 0.1) is 5.92 Å². The molecule has 0 aromatic carbocycles. The molecule has 1 aliphatic rings. The van der Waals surface area contributed by atoms with E-state index in [2.05, 4.69) is 18.7 Å². The molecule has 0 radical (unpaired) electrons. The van der Waals surface area contributed by atoms with Crippen molar-refractivity contribution < 1.29 is 4.79 Å². The topological polar surface area (TPSA) is 46.3 Å². The van der Waals surface area contributed by atoms with E-state index in [1.165, 1.54) is 12.8 Å². The minimum Gasteiger partial charge on any atom is -0.340 e. The van der Waals surface area contributed by atoms with E-state index in [0.717, 1.165) is 19.4 Å². The maximum Gasteiger partial charge on any atom is 0.222 e. The zero-order valence-electron chi connectivity index (χ0n) is 10.0. The average Bonchev–Trinajstić information content (AvgIpc) is 2.99. The molecule has 0 heterocycles. The molecule has 2 N–H and O–H groups in total. The Labute approximate surface area is 93.0 Å². The van der Waals surface area contributed by atoms with Crippen LogP contribution in [0.25, 0.3) is 0 Å². The van der Waals surface area contributed by atoms with Crippen molar-refractivity contribution >= 4 is 5.91 Å². The Hall–Kier alpha value is -0.570. The maximum absolute atomic E-state index is 11.9. The monoisotopic (exact) mass is 212 g/mol. The molecule has 0 spiro atoms. The predicted molar refractivity (Wildman–Crippen MR) is 62.5 cm³/mol. The van der Waals surface area contributed by atoms with Gasteiger partial charge in [-0.15, -0.1) is 0 Å². The van der Waals surface area contributed by atoms with E-state index >= 15 is 0 Å². The van der Waals surface area contributed by atoms with Crippen molar-refractivity contribution in [1.82, 2.24) is 4.90 Å². The van der Waals surface area contributed by atoms with Crippen molar-refractivity contribution in [3.8, 4) is 0 Å². The third-order valence-corrected chi connectivity index (χ3v) is 2.85. The number of nitrogens with two attached hydrogens (primary N) is 1. The Morgan fingerprint density at radius 2 is 2.13 bits per heavy atom. The number of amides is 1. The molecular formula is C12H24N2O. The van der Waals surface area contributed by atoms with E-state index in [4.69, 9.17) is 5.73 Å². The molecule has 1 fully saturated rings. The second-order valence-corrected chi connectivity index (χ2v) is 4.89. The fourth-order valence-corrected chi connectivity index (χ4v) is 1.71. The lowest BCUT2D eigenvalue weighted by Gasteiger charge is -2.22. The summed E-state index contributed by atoms with van der Waals surface area (Å²) in [5.74, 6) is 0.948. The van der Waals surface area contributed by atoms with Gasteiger partial charge < -0.3 is 10.6 Å². The van der Waals surface area contributed by atoms with Gasteiger partial charge in [0, 0.05) is 19.0 Å². The van der Waals surface area contributed by atoms with Crippen molar-refractivity contribution in [2.75, 3.05) is 13.1 Å². The molecule has 1 saturated carbocycles. The number of nitrogens with zero attached hydrogens (tertiary/aromatic N) is 1.